The predicted molar refractivity (Wildman–Crippen MR) is 106 cm³/mol. The maximum Gasteiger partial charge on any atom is 0.297 e. The van der Waals surface area contributed by atoms with Gasteiger partial charge in [-0.05, 0) is 30.7 Å². The van der Waals surface area contributed by atoms with E-state index in [0.29, 0.717) is 27.8 Å². The van der Waals surface area contributed by atoms with Crippen LogP contribution in [0, 0.1) is 6.92 Å². The highest BCUT2D eigenvalue weighted by Crippen LogP contribution is 2.41. The summed E-state index contributed by atoms with van der Waals surface area (Å²) in [4.78, 5) is 17.9. The monoisotopic (exact) mass is 401 g/mol. The molecular weight excluding hydrogens is 385 g/mol. The van der Waals surface area contributed by atoms with Crippen molar-refractivity contribution < 1.29 is 9.63 Å². The zero-order valence-corrected chi connectivity index (χ0v) is 16.6. The number of aryl methyl sites for hydroxylation is 1. The summed E-state index contributed by atoms with van der Waals surface area (Å²) in [7, 11) is 3.01. The summed E-state index contributed by atoms with van der Waals surface area (Å²) in [5, 5.41) is 6.78. The van der Waals surface area contributed by atoms with E-state index < -0.39 is 0 Å². The van der Waals surface area contributed by atoms with Crippen LogP contribution in [0.1, 0.15) is 27.2 Å². The first-order chi connectivity index (χ1) is 12.9. The number of benzene rings is 2. The Hall–Kier alpha value is -2.34. The molecule has 7 heteroatoms. The summed E-state index contributed by atoms with van der Waals surface area (Å²) in [5.41, 5.74) is 6.16. The summed E-state index contributed by atoms with van der Waals surface area (Å²) in [6.45, 7) is 2.05. The molecule has 1 aliphatic carbocycles. The van der Waals surface area contributed by atoms with Crippen molar-refractivity contribution in [3.8, 4) is 16.9 Å². The van der Waals surface area contributed by atoms with Crippen LogP contribution in [0.5, 0.6) is 0 Å². The fraction of sp³-hybridized carbons (Fsp3) is 0.200. The molecule has 1 heterocycles. The Morgan fingerprint density at radius 2 is 2.00 bits per heavy atom. The van der Waals surface area contributed by atoms with Gasteiger partial charge < -0.3 is 0 Å². The molecule has 2 aromatic carbocycles. The van der Waals surface area contributed by atoms with Gasteiger partial charge in [0.15, 0.2) is 5.69 Å². The van der Waals surface area contributed by atoms with Crippen LogP contribution in [0.3, 0.4) is 0 Å². The number of carbonyl (C=O) groups is 1. The van der Waals surface area contributed by atoms with Gasteiger partial charge in [0.25, 0.3) is 5.91 Å². The number of hydrogen-bond acceptors (Lipinski definition) is 3. The minimum absolute atomic E-state index is 0.304. The molecule has 0 fully saturated rings. The number of hydrogen-bond donors (Lipinski definition) is 0. The SMILES string of the molecule is CON(C)C(=O)c1nn(-c2ccc(Cl)cc2Cl)c2c1Cc1cc(C)ccc1-2. The van der Waals surface area contributed by atoms with Gasteiger partial charge in [0.2, 0.25) is 0 Å². The summed E-state index contributed by atoms with van der Waals surface area (Å²) in [5.74, 6) is -0.304. The van der Waals surface area contributed by atoms with Crippen molar-refractivity contribution in [2.24, 2.45) is 0 Å². The number of halogens is 2. The molecule has 0 radical (unpaired) electrons. The molecule has 0 saturated carbocycles. The third-order valence-corrected chi connectivity index (χ3v) is 5.30. The lowest BCUT2D eigenvalue weighted by molar-refractivity contribution is -0.0761. The van der Waals surface area contributed by atoms with Crippen LogP contribution in [0.2, 0.25) is 10.0 Å². The minimum atomic E-state index is -0.304. The lowest BCUT2D eigenvalue weighted by atomic mass is 10.1. The Balaban J connectivity index is 1.97. The molecule has 3 aromatic rings. The minimum Gasteiger partial charge on any atom is -0.274 e. The van der Waals surface area contributed by atoms with E-state index in [9.17, 15) is 4.79 Å². The highest BCUT2D eigenvalue weighted by atomic mass is 35.5. The molecule has 1 aliphatic rings. The van der Waals surface area contributed by atoms with Gasteiger partial charge in [0, 0.05) is 29.6 Å². The molecule has 0 bridgehead atoms. The Bertz CT molecular complexity index is 1080. The smallest absolute Gasteiger partial charge is 0.274 e. The summed E-state index contributed by atoms with van der Waals surface area (Å²) in [6.07, 6.45) is 0.635. The van der Waals surface area contributed by atoms with Crippen LogP contribution in [-0.4, -0.2) is 34.9 Å². The topological polar surface area (TPSA) is 47.4 Å². The molecule has 0 atom stereocenters. The molecule has 0 unspecified atom stereocenters. The second-order valence-electron chi connectivity index (χ2n) is 6.51. The van der Waals surface area contributed by atoms with Crippen molar-refractivity contribution in [3.63, 3.8) is 0 Å². The lowest BCUT2D eigenvalue weighted by Gasteiger charge is -2.13. The third kappa shape index (κ3) is 2.92. The normalized spacial score (nSPS) is 12.0. The Morgan fingerprint density at radius 1 is 1.22 bits per heavy atom. The van der Waals surface area contributed by atoms with Crippen LogP contribution in [0.15, 0.2) is 36.4 Å². The number of fused-ring (bicyclic) bond motifs is 3. The van der Waals surface area contributed by atoms with Gasteiger partial charge in [0.1, 0.15) is 0 Å². The number of hydroxylamine groups is 2. The first-order valence-electron chi connectivity index (χ1n) is 8.40. The van der Waals surface area contributed by atoms with E-state index in [1.54, 1.807) is 29.9 Å². The van der Waals surface area contributed by atoms with Crippen LogP contribution in [0.4, 0.5) is 0 Å². The quantitative estimate of drug-likeness (QED) is 0.467. The fourth-order valence-electron chi connectivity index (χ4n) is 3.42. The molecule has 0 saturated heterocycles. The predicted octanol–water partition coefficient (Wildman–Crippen LogP) is 4.69. The average molecular weight is 402 g/mol. The number of aromatic nitrogens is 2. The lowest BCUT2D eigenvalue weighted by Crippen LogP contribution is -2.26. The molecule has 1 aromatic heterocycles. The van der Waals surface area contributed by atoms with Crippen molar-refractivity contribution in [2.45, 2.75) is 13.3 Å². The number of nitrogens with zero attached hydrogens (tertiary/aromatic N) is 3. The van der Waals surface area contributed by atoms with Gasteiger partial charge in [-0.15, -0.1) is 0 Å². The summed E-state index contributed by atoms with van der Waals surface area (Å²) in [6, 6.07) is 11.5. The maximum absolute atomic E-state index is 12.8. The zero-order valence-electron chi connectivity index (χ0n) is 15.1. The van der Waals surface area contributed by atoms with Crippen molar-refractivity contribution >= 4 is 29.1 Å². The first kappa shape index (κ1) is 18.0. The second-order valence-corrected chi connectivity index (χ2v) is 7.35. The fourth-order valence-corrected chi connectivity index (χ4v) is 3.90. The van der Waals surface area contributed by atoms with E-state index in [4.69, 9.17) is 28.0 Å². The molecule has 138 valence electrons. The zero-order chi connectivity index (χ0) is 19.3. The second kappa shape index (κ2) is 6.68. The average Bonchev–Trinajstić information content (AvgIpc) is 3.17. The van der Waals surface area contributed by atoms with E-state index in [2.05, 4.69) is 30.2 Å². The van der Waals surface area contributed by atoms with Crippen LogP contribution < -0.4 is 0 Å². The molecule has 0 N–H and O–H groups in total. The number of rotatable bonds is 3. The number of amides is 1. The molecule has 0 spiro atoms. The van der Waals surface area contributed by atoms with Gasteiger partial charge in [-0.3, -0.25) is 9.63 Å². The van der Waals surface area contributed by atoms with Gasteiger partial charge in [0.05, 0.1) is 23.5 Å². The Morgan fingerprint density at radius 3 is 2.70 bits per heavy atom. The van der Waals surface area contributed by atoms with Crippen LogP contribution >= 0.6 is 23.2 Å². The van der Waals surface area contributed by atoms with E-state index in [1.807, 2.05) is 0 Å². The third-order valence-electron chi connectivity index (χ3n) is 4.77. The van der Waals surface area contributed by atoms with Crippen molar-refractivity contribution in [3.05, 3.63) is 68.8 Å². The molecule has 1 amide bonds. The summed E-state index contributed by atoms with van der Waals surface area (Å²) >= 11 is 12.5. The molecule has 4 rings (SSSR count). The Labute approximate surface area is 167 Å². The largest absolute Gasteiger partial charge is 0.297 e. The first-order valence-corrected chi connectivity index (χ1v) is 9.15. The van der Waals surface area contributed by atoms with Crippen molar-refractivity contribution in [2.75, 3.05) is 14.2 Å². The molecular formula is C20H17Cl2N3O2. The number of carbonyl (C=O) groups excluding carboxylic acids is 1. The highest BCUT2D eigenvalue weighted by Gasteiger charge is 2.32. The molecule has 27 heavy (non-hydrogen) atoms. The van der Waals surface area contributed by atoms with E-state index in [1.165, 1.54) is 17.7 Å². The van der Waals surface area contributed by atoms with E-state index in [-0.39, 0.29) is 5.91 Å². The van der Waals surface area contributed by atoms with Gasteiger partial charge in [-0.2, -0.15) is 5.10 Å². The summed E-state index contributed by atoms with van der Waals surface area (Å²) < 4.78 is 1.73. The van der Waals surface area contributed by atoms with Crippen molar-refractivity contribution in [1.29, 1.82) is 0 Å². The van der Waals surface area contributed by atoms with Gasteiger partial charge in [-0.1, -0.05) is 47.0 Å². The molecule has 0 aliphatic heterocycles. The van der Waals surface area contributed by atoms with E-state index >= 15 is 0 Å². The standard InChI is InChI=1S/C20H17Cl2N3O2/c1-11-4-6-14-12(8-11)9-15-18(20(26)24(2)27-3)23-25(19(14)15)17-7-5-13(21)10-16(17)22/h4-8,10H,9H2,1-3H3. The van der Waals surface area contributed by atoms with E-state index in [0.717, 1.165) is 22.4 Å². The van der Waals surface area contributed by atoms with Crippen LogP contribution in [0.25, 0.3) is 16.9 Å². The van der Waals surface area contributed by atoms with Crippen molar-refractivity contribution in [1.82, 2.24) is 14.8 Å². The Kier molecular flexibility index (Phi) is 4.46. The van der Waals surface area contributed by atoms with Gasteiger partial charge >= 0.3 is 0 Å². The van der Waals surface area contributed by atoms with Crippen LogP contribution in [-0.2, 0) is 11.3 Å². The highest BCUT2D eigenvalue weighted by molar-refractivity contribution is 6.35. The maximum atomic E-state index is 12.8. The molecule has 5 nitrogen and oxygen atoms in total. The van der Waals surface area contributed by atoms with Gasteiger partial charge in [-0.25, -0.2) is 9.75 Å².